The average molecular weight is 366 g/mol. The first-order valence-electron chi connectivity index (χ1n) is 8.52. The van der Waals surface area contributed by atoms with Crippen LogP contribution in [0, 0.1) is 0 Å². The van der Waals surface area contributed by atoms with Crippen LogP contribution < -0.4 is 10.6 Å². The first kappa shape index (κ1) is 18.1. The van der Waals surface area contributed by atoms with Crippen LogP contribution in [0.2, 0.25) is 0 Å². The molecule has 1 aromatic heterocycles. The van der Waals surface area contributed by atoms with Crippen molar-refractivity contribution < 1.29 is 4.79 Å². The highest BCUT2D eigenvalue weighted by molar-refractivity contribution is 7.14. The standard InChI is InChI=1S/C21H23N3OS/c1-21(2,3)16-10-8-14(9-11-16)19(25)23-17-7-5-6-15(12-17)18-13-26-20(22-4)24-18/h5-13H,1-4H3,(H,22,24)(H,23,25). The summed E-state index contributed by atoms with van der Waals surface area (Å²) in [6.07, 6.45) is 0. The highest BCUT2D eigenvalue weighted by Gasteiger charge is 2.14. The molecular formula is C21H23N3OS. The zero-order valence-electron chi connectivity index (χ0n) is 15.5. The molecule has 1 heterocycles. The number of nitrogens with zero attached hydrogens (tertiary/aromatic N) is 1. The lowest BCUT2D eigenvalue weighted by atomic mass is 9.87. The Hall–Kier alpha value is -2.66. The first-order chi connectivity index (χ1) is 12.4. The van der Waals surface area contributed by atoms with Crippen molar-refractivity contribution in [3.63, 3.8) is 0 Å². The van der Waals surface area contributed by atoms with Gasteiger partial charge in [-0.15, -0.1) is 11.3 Å². The lowest BCUT2D eigenvalue weighted by molar-refractivity contribution is 0.102. The average Bonchev–Trinajstić information content (AvgIpc) is 3.10. The molecule has 134 valence electrons. The molecule has 3 rings (SSSR count). The van der Waals surface area contributed by atoms with Crippen LogP contribution in [0.4, 0.5) is 10.8 Å². The van der Waals surface area contributed by atoms with E-state index in [0.717, 1.165) is 22.1 Å². The van der Waals surface area contributed by atoms with Gasteiger partial charge in [0.15, 0.2) is 5.13 Å². The van der Waals surface area contributed by atoms with E-state index in [1.54, 1.807) is 11.3 Å². The fourth-order valence-electron chi connectivity index (χ4n) is 2.60. The molecule has 0 saturated heterocycles. The molecule has 0 aliphatic rings. The van der Waals surface area contributed by atoms with E-state index in [1.165, 1.54) is 5.56 Å². The van der Waals surface area contributed by atoms with E-state index < -0.39 is 0 Å². The molecule has 0 spiro atoms. The number of rotatable bonds is 4. The molecule has 0 bridgehead atoms. The molecule has 5 heteroatoms. The molecule has 0 aliphatic heterocycles. The molecule has 0 saturated carbocycles. The van der Waals surface area contributed by atoms with Crippen LogP contribution in [0.5, 0.6) is 0 Å². The predicted octanol–water partition coefficient (Wildman–Crippen LogP) is 5.40. The van der Waals surface area contributed by atoms with Crippen LogP contribution in [0.25, 0.3) is 11.3 Å². The second-order valence-electron chi connectivity index (χ2n) is 7.15. The van der Waals surface area contributed by atoms with Gasteiger partial charge >= 0.3 is 0 Å². The second kappa shape index (κ2) is 7.30. The quantitative estimate of drug-likeness (QED) is 0.651. The van der Waals surface area contributed by atoms with Gasteiger partial charge < -0.3 is 10.6 Å². The summed E-state index contributed by atoms with van der Waals surface area (Å²) in [4.78, 5) is 17.0. The van der Waals surface area contributed by atoms with E-state index in [2.05, 4.69) is 36.4 Å². The Morgan fingerprint density at radius 2 is 1.81 bits per heavy atom. The van der Waals surface area contributed by atoms with Crippen LogP contribution in [-0.2, 0) is 5.41 Å². The van der Waals surface area contributed by atoms with E-state index in [1.807, 2.05) is 61.0 Å². The van der Waals surface area contributed by atoms with Gasteiger partial charge in [0.2, 0.25) is 0 Å². The van der Waals surface area contributed by atoms with Crippen LogP contribution in [0.3, 0.4) is 0 Å². The number of carbonyl (C=O) groups is 1. The number of thiazole rings is 1. The maximum atomic E-state index is 12.5. The molecule has 0 atom stereocenters. The molecule has 0 radical (unpaired) electrons. The summed E-state index contributed by atoms with van der Waals surface area (Å²) in [5, 5.41) is 8.87. The molecule has 2 N–H and O–H groups in total. The maximum absolute atomic E-state index is 12.5. The molecule has 0 fully saturated rings. The Labute approximate surface area is 158 Å². The Kier molecular flexibility index (Phi) is 5.09. The minimum Gasteiger partial charge on any atom is -0.365 e. The molecule has 3 aromatic rings. The van der Waals surface area contributed by atoms with Crippen molar-refractivity contribution in [3.05, 3.63) is 65.0 Å². The summed E-state index contributed by atoms with van der Waals surface area (Å²) < 4.78 is 0. The van der Waals surface area contributed by atoms with Crippen LogP contribution in [0.1, 0.15) is 36.7 Å². The van der Waals surface area contributed by atoms with Gasteiger partial charge in [0, 0.05) is 29.2 Å². The van der Waals surface area contributed by atoms with Crippen LogP contribution in [-0.4, -0.2) is 17.9 Å². The van der Waals surface area contributed by atoms with E-state index >= 15 is 0 Å². The summed E-state index contributed by atoms with van der Waals surface area (Å²) in [5.74, 6) is -0.114. The third kappa shape index (κ3) is 4.11. The van der Waals surface area contributed by atoms with Gasteiger partial charge in [-0.25, -0.2) is 4.98 Å². The molecule has 2 aromatic carbocycles. The minimum absolute atomic E-state index is 0.0725. The van der Waals surface area contributed by atoms with Gasteiger partial charge in [0.05, 0.1) is 5.69 Å². The van der Waals surface area contributed by atoms with Gasteiger partial charge in [-0.05, 0) is 35.2 Å². The topological polar surface area (TPSA) is 54.0 Å². The van der Waals surface area contributed by atoms with Crippen molar-refractivity contribution >= 4 is 28.1 Å². The van der Waals surface area contributed by atoms with Gasteiger partial charge in [0.1, 0.15) is 0 Å². The molecule has 4 nitrogen and oxygen atoms in total. The number of anilines is 2. The van der Waals surface area contributed by atoms with Crippen molar-refractivity contribution in [2.45, 2.75) is 26.2 Å². The maximum Gasteiger partial charge on any atom is 0.255 e. The number of hydrogen-bond donors (Lipinski definition) is 2. The SMILES string of the molecule is CNc1nc(-c2cccc(NC(=O)c3ccc(C(C)(C)C)cc3)c2)cs1. The zero-order chi connectivity index (χ0) is 18.7. The Balaban J connectivity index is 1.76. The van der Waals surface area contributed by atoms with Crippen molar-refractivity contribution in [2.24, 2.45) is 0 Å². The largest absolute Gasteiger partial charge is 0.365 e. The third-order valence-corrected chi connectivity index (χ3v) is 5.01. The van der Waals surface area contributed by atoms with Gasteiger partial charge in [-0.1, -0.05) is 45.0 Å². The van der Waals surface area contributed by atoms with Crippen molar-refractivity contribution in [2.75, 3.05) is 17.7 Å². The molecule has 26 heavy (non-hydrogen) atoms. The third-order valence-electron chi connectivity index (χ3n) is 4.15. The van der Waals surface area contributed by atoms with E-state index in [-0.39, 0.29) is 11.3 Å². The molecule has 1 amide bonds. The van der Waals surface area contributed by atoms with Crippen molar-refractivity contribution in [1.29, 1.82) is 0 Å². The number of amides is 1. The monoisotopic (exact) mass is 365 g/mol. The van der Waals surface area contributed by atoms with E-state index in [9.17, 15) is 4.79 Å². The van der Waals surface area contributed by atoms with Crippen molar-refractivity contribution in [1.82, 2.24) is 4.98 Å². The lowest BCUT2D eigenvalue weighted by Crippen LogP contribution is -2.14. The van der Waals surface area contributed by atoms with Gasteiger partial charge in [-0.3, -0.25) is 4.79 Å². The number of hydrogen-bond acceptors (Lipinski definition) is 4. The summed E-state index contributed by atoms with van der Waals surface area (Å²) in [5.41, 5.74) is 4.55. The van der Waals surface area contributed by atoms with Crippen LogP contribution >= 0.6 is 11.3 Å². The van der Waals surface area contributed by atoms with Gasteiger partial charge in [-0.2, -0.15) is 0 Å². The first-order valence-corrected chi connectivity index (χ1v) is 9.40. The normalized spacial score (nSPS) is 11.2. The molecular weight excluding hydrogens is 342 g/mol. The highest BCUT2D eigenvalue weighted by Crippen LogP contribution is 2.27. The number of nitrogens with one attached hydrogen (secondary N) is 2. The van der Waals surface area contributed by atoms with Crippen molar-refractivity contribution in [3.8, 4) is 11.3 Å². The summed E-state index contributed by atoms with van der Waals surface area (Å²) in [7, 11) is 1.85. The summed E-state index contributed by atoms with van der Waals surface area (Å²) in [6, 6.07) is 15.5. The summed E-state index contributed by atoms with van der Waals surface area (Å²) in [6.45, 7) is 6.47. The fourth-order valence-corrected chi connectivity index (χ4v) is 3.28. The summed E-state index contributed by atoms with van der Waals surface area (Å²) >= 11 is 1.55. The Morgan fingerprint density at radius 3 is 2.42 bits per heavy atom. The minimum atomic E-state index is -0.114. The molecule has 0 unspecified atom stereocenters. The second-order valence-corrected chi connectivity index (χ2v) is 8.01. The van der Waals surface area contributed by atoms with E-state index in [4.69, 9.17) is 0 Å². The lowest BCUT2D eigenvalue weighted by Gasteiger charge is -2.19. The smallest absolute Gasteiger partial charge is 0.255 e. The zero-order valence-corrected chi connectivity index (χ0v) is 16.3. The number of carbonyl (C=O) groups excluding carboxylic acids is 1. The Bertz CT molecular complexity index is 908. The van der Waals surface area contributed by atoms with Crippen LogP contribution in [0.15, 0.2) is 53.9 Å². The molecule has 0 aliphatic carbocycles. The Morgan fingerprint density at radius 1 is 1.08 bits per heavy atom. The highest BCUT2D eigenvalue weighted by atomic mass is 32.1. The predicted molar refractivity (Wildman–Crippen MR) is 110 cm³/mol. The van der Waals surface area contributed by atoms with E-state index in [0.29, 0.717) is 5.56 Å². The number of aromatic nitrogens is 1. The van der Waals surface area contributed by atoms with Gasteiger partial charge in [0.25, 0.3) is 5.91 Å². The number of benzene rings is 2. The fraction of sp³-hybridized carbons (Fsp3) is 0.238.